The highest BCUT2D eigenvalue weighted by atomic mass is 32.2. The van der Waals surface area contributed by atoms with E-state index in [1.54, 1.807) is 30.5 Å². The minimum atomic E-state index is -3.16. The molecule has 0 atom stereocenters. The second kappa shape index (κ2) is 4.88. The van der Waals surface area contributed by atoms with Gasteiger partial charge in [-0.3, -0.25) is 4.98 Å². The van der Waals surface area contributed by atoms with Gasteiger partial charge in [0.2, 0.25) is 0 Å². The van der Waals surface area contributed by atoms with E-state index in [0.717, 1.165) is 16.8 Å². The van der Waals surface area contributed by atoms with E-state index >= 15 is 0 Å². The highest BCUT2D eigenvalue weighted by Crippen LogP contribution is 2.22. The molecule has 4 nitrogen and oxygen atoms in total. The molecule has 0 fully saturated rings. The Balaban J connectivity index is 2.47. The molecule has 0 unspecified atom stereocenters. The van der Waals surface area contributed by atoms with Crippen LogP contribution in [0.15, 0.2) is 47.5 Å². The highest BCUT2D eigenvalue weighted by Gasteiger charge is 2.09. The van der Waals surface area contributed by atoms with E-state index in [1.807, 2.05) is 12.1 Å². The van der Waals surface area contributed by atoms with E-state index in [2.05, 4.69) is 4.98 Å². The lowest BCUT2D eigenvalue weighted by Crippen LogP contribution is -2.01. The summed E-state index contributed by atoms with van der Waals surface area (Å²) in [5.74, 6) is 0. The maximum atomic E-state index is 11.4. The number of nitrogens with two attached hydrogens (primary N) is 1. The fourth-order valence-corrected chi connectivity index (χ4v) is 2.35. The lowest BCUT2D eigenvalue weighted by atomic mass is 10.1. The van der Waals surface area contributed by atoms with Crippen LogP contribution in [0.25, 0.3) is 11.3 Å². The molecule has 0 saturated heterocycles. The van der Waals surface area contributed by atoms with Crippen LogP contribution in [0.3, 0.4) is 0 Å². The van der Waals surface area contributed by atoms with Crippen molar-refractivity contribution < 1.29 is 8.42 Å². The number of rotatable bonds is 3. The molecule has 0 aliphatic carbocycles. The maximum Gasteiger partial charge on any atom is 0.175 e. The van der Waals surface area contributed by atoms with Crippen molar-refractivity contribution in [2.24, 2.45) is 5.73 Å². The lowest BCUT2D eigenvalue weighted by Gasteiger charge is -2.07. The molecule has 0 saturated carbocycles. The minimum Gasteiger partial charge on any atom is -0.326 e. The number of hydrogen-bond acceptors (Lipinski definition) is 4. The summed E-state index contributed by atoms with van der Waals surface area (Å²) in [7, 11) is -3.16. The third-order valence-electron chi connectivity index (χ3n) is 2.67. The topological polar surface area (TPSA) is 73.0 Å². The summed E-state index contributed by atoms with van der Waals surface area (Å²) in [4.78, 5) is 4.58. The lowest BCUT2D eigenvalue weighted by molar-refractivity contribution is 0.602. The van der Waals surface area contributed by atoms with Crippen molar-refractivity contribution in [1.82, 2.24) is 4.98 Å². The third-order valence-corrected chi connectivity index (χ3v) is 3.80. The predicted molar refractivity (Wildman–Crippen MR) is 70.7 cm³/mol. The second-order valence-corrected chi connectivity index (χ2v) is 6.03. The number of aromatic nitrogens is 1. The number of hydrogen-bond donors (Lipinski definition) is 1. The van der Waals surface area contributed by atoms with Gasteiger partial charge < -0.3 is 5.73 Å². The molecule has 2 rings (SSSR count). The van der Waals surface area contributed by atoms with E-state index in [0.29, 0.717) is 11.4 Å². The molecule has 1 aromatic carbocycles. The van der Waals surface area contributed by atoms with Gasteiger partial charge in [0, 0.05) is 24.6 Å². The Bertz CT molecular complexity index is 649. The second-order valence-electron chi connectivity index (χ2n) is 4.01. The molecular formula is C13H14N2O2S. The molecule has 0 bridgehead atoms. The summed E-state index contributed by atoms with van der Waals surface area (Å²) in [6.07, 6.45) is 2.88. The van der Waals surface area contributed by atoms with Gasteiger partial charge in [0.15, 0.2) is 9.84 Å². The van der Waals surface area contributed by atoms with Crippen molar-refractivity contribution in [3.8, 4) is 11.3 Å². The maximum absolute atomic E-state index is 11.4. The summed E-state index contributed by atoms with van der Waals surface area (Å²) in [6, 6.07) is 10.4. The van der Waals surface area contributed by atoms with Crippen LogP contribution in [-0.2, 0) is 16.4 Å². The van der Waals surface area contributed by atoms with E-state index < -0.39 is 9.84 Å². The van der Waals surface area contributed by atoms with Gasteiger partial charge in [-0.1, -0.05) is 18.2 Å². The summed E-state index contributed by atoms with van der Waals surface area (Å²) in [6.45, 7) is 0.400. The highest BCUT2D eigenvalue weighted by molar-refractivity contribution is 7.90. The Morgan fingerprint density at radius 1 is 1.17 bits per heavy atom. The average Bonchev–Trinajstić information content (AvgIpc) is 2.38. The molecule has 0 radical (unpaired) electrons. The van der Waals surface area contributed by atoms with Gasteiger partial charge in [0.25, 0.3) is 0 Å². The number of benzene rings is 1. The molecule has 5 heteroatoms. The zero-order valence-corrected chi connectivity index (χ0v) is 10.8. The van der Waals surface area contributed by atoms with Gasteiger partial charge in [-0.25, -0.2) is 8.42 Å². The molecule has 0 spiro atoms. The summed E-state index contributed by atoms with van der Waals surface area (Å²) in [5.41, 5.74) is 8.24. The first kappa shape index (κ1) is 12.7. The van der Waals surface area contributed by atoms with Crippen LogP contribution in [0, 0.1) is 0 Å². The molecule has 1 aromatic heterocycles. The Labute approximate surface area is 106 Å². The molecule has 18 heavy (non-hydrogen) atoms. The van der Waals surface area contributed by atoms with Gasteiger partial charge in [-0.15, -0.1) is 0 Å². The van der Waals surface area contributed by atoms with Crippen LogP contribution < -0.4 is 5.73 Å². The van der Waals surface area contributed by atoms with Crippen LogP contribution >= 0.6 is 0 Å². The van der Waals surface area contributed by atoms with Gasteiger partial charge in [-0.05, 0) is 23.8 Å². The molecular weight excluding hydrogens is 248 g/mol. The quantitative estimate of drug-likeness (QED) is 0.912. The van der Waals surface area contributed by atoms with Crippen LogP contribution in [0.5, 0.6) is 0 Å². The molecule has 1 heterocycles. The van der Waals surface area contributed by atoms with Gasteiger partial charge in [0.05, 0.1) is 10.6 Å². The number of pyridine rings is 1. The Hall–Kier alpha value is -1.72. The van der Waals surface area contributed by atoms with E-state index in [-0.39, 0.29) is 0 Å². The van der Waals surface area contributed by atoms with Crippen LogP contribution in [-0.4, -0.2) is 19.7 Å². The number of sulfone groups is 1. The van der Waals surface area contributed by atoms with Crippen molar-refractivity contribution in [2.45, 2.75) is 11.4 Å². The van der Waals surface area contributed by atoms with Crippen molar-refractivity contribution in [3.05, 3.63) is 48.2 Å². The third kappa shape index (κ3) is 2.57. The summed E-state index contributed by atoms with van der Waals surface area (Å²) in [5, 5.41) is 0. The first-order valence-electron chi connectivity index (χ1n) is 5.47. The van der Waals surface area contributed by atoms with Crippen molar-refractivity contribution in [1.29, 1.82) is 0 Å². The smallest absolute Gasteiger partial charge is 0.175 e. The monoisotopic (exact) mass is 262 g/mol. The van der Waals surface area contributed by atoms with Crippen molar-refractivity contribution in [3.63, 3.8) is 0 Å². The van der Waals surface area contributed by atoms with Crippen LogP contribution in [0.2, 0.25) is 0 Å². The van der Waals surface area contributed by atoms with E-state index in [9.17, 15) is 8.42 Å². The standard InChI is InChI=1S/C13H14N2O2S/c1-18(16,17)12-6-4-10(5-7-12)13-11(9-14)3-2-8-15-13/h2-8H,9,14H2,1H3. The Morgan fingerprint density at radius 2 is 1.83 bits per heavy atom. The number of nitrogens with zero attached hydrogens (tertiary/aromatic N) is 1. The van der Waals surface area contributed by atoms with Crippen LogP contribution in [0.1, 0.15) is 5.56 Å². The average molecular weight is 262 g/mol. The largest absolute Gasteiger partial charge is 0.326 e. The van der Waals surface area contributed by atoms with Crippen molar-refractivity contribution >= 4 is 9.84 Å². The molecule has 2 aromatic rings. The fourth-order valence-electron chi connectivity index (χ4n) is 1.72. The molecule has 2 N–H and O–H groups in total. The minimum absolute atomic E-state index is 0.302. The SMILES string of the molecule is CS(=O)(=O)c1ccc(-c2ncccc2CN)cc1. The van der Waals surface area contributed by atoms with Gasteiger partial charge >= 0.3 is 0 Å². The molecule has 0 aliphatic rings. The van der Waals surface area contributed by atoms with E-state index in [1.165, 1.54) is 6.26 Å². The Kier molecular flexibility index (Phi) is 3.45. The first-order chi connectivity index (χ1) is 8.52. The zero-order valence-electron chi connectivity index (χ0n) is 10.00. The first-order valence-corrected chi connectivity index (χ1v) is 7.36. The van der Waals surface area contributed by atoms with Crippen molar-refractivity contribution in [2.75, 3.05) is 6.26 Å². The normalized spacial score (nSPS) is 11.4. The summed E-state index contributed by atoms with van der Waals surface area (Å²) < 4.78 is 22.7. The van der Waals surface area contributed by atoms with Gasteiger partial charge in [0.1, 0.15) is 0 Å². The molecule has 94 valence electrons. The fraction of sp³-hybridized carbons (Fsp3) is 0.154. The predicted octanol–water partition coefficient (Wildman–Crippen LogP) is 1.61. The Morgan fingerprint density at radius 3 is 2.39 bits per heavy atom. The molecule has 0 aliphatic heterocycles. The summed E-state index contributed by atoms with van der Waals surface area (Å²) >= 11 is 0. The van der Waals surface area contributed by atoms with Gasteiger partial charge in [-0.2, -0.15) is 0 Å². The van der Waals surface area contributed by atoms with Crippen LogP contribution in [0.4, 0.5) is 0 Å². The molecule has 0 amide bonds. The zero-order chi connectivity index (χ0) is 13.2. The van der Waals surface area contributed by atoms with E-state index in [4.69, 9.17) is 5.73 Å².